The highest BCUT2D eigenvalue weighted by atomic mass is 16.5. The summed E-state index contributed by atoms with van der Waals surface area (Å²) in [5.74, 6) is 0.885. The summed E-state index contributed by atoms with van der Waals surface area (Å²) in [6, 6.07) is 7.97. The van der Waals surface area contributed by atoms with Gasteiger partial charge in [-0.1, -0.05) is 0 Å². The van der Waals surface area contributed by atoms with Crippen molar-refractivity contribution in [3.8, 4) is 5.75 Å². The molecule has 0 saturated carbocycles. The van der Waals surface area contributed by atoms with E-state index in [2.05, 4.69) is 10.6 Å². The van der Waals surface area contributed by atoms with Crippen LogP contribution >= 0.6 is 0 Å². The summed E-state index contributed by atoms with van der Waals surface area (Å²) in [6.07, 6.45) is 1.97. The number of rotatable bonds is 2. The van der Waals surface area contributed by atoms with Crippen molar-refractivity contribution in [2.24, 2.45) is 0 Å². The van der Waals surface area contributed by atoms with E-state index in [9.17, 15) is 0 Å². The number of benzene rings is 1. The fourth-order valence-corrected chi connectivity index (χ4v) is 1.31. The maximum absolute atomic E-state index is 5.08. The minimum absolute atomic E-state index is 0.807. The molecule has 2 rings (SSSR count). The summed E-state index contributed by atoms with van der Waals surface area (Å²) in [6.45, 7) is 0.807. The highest BCUT2D eigenvalue weighted by Gasteiger charge is 2.04. The van der Waals surface area contributed by atoms with Gasteiger partial charge >= 0.3 is 0 Å². The van der Waals surface area contributed by atoms with Gasteiger partial charge in [0.1, 0.15) is 5.75 Å². The SMILES string of the molecule is COc1ccc(C2=CNCN2)cc1. The van der Waals surface area contributed by atoms with E-state index in [1.807, 2.05) is 30.5 Å². The third kappa shape index (κ3) is 1.59. The van der Waals surface area contributed by atoms with Gasteiger partial charge in [0.15, 0.2) is 0 Å². The average molecular weight is 176 g/mol. The molecular formula is C10H12N2O. The molecule has 3 nitrogen and oxygen atoms in total. The van der Waals surface area contributed by atoms with E-state index in [0.29, 0.717) is 0 Å². The van der Waals surface area contributed by atoms with Crippen LogP contribution in [0, 0.1) is 0 Å². The fraction of sp³-hybridized carbons (Fsp3) is 0.200. The first-order chi connectivity index (χ1) is 6.40. The molecule has 2 N–H and O–H groups in total. The maximum Gasteiger partial charge on any atom is 0.118 e. The lowest BCUT2D eigenvalue weighted by molar-refractivity contribution is 0.415. The van der Waals surface area contributed by atoms with E-state index >= 15 is 0 Å². The topological polar surface area (TPSA) is 33.3 Å². The van der Waals surface area contributed by atoms with Crippen LogP contribution in [0.4, 0.5) is 0 Å². The molecule has 1 aromatic rings. The minimum Gasteiger partial charge on any atom is -0.497 e. The van der Waals surface area contributed by atoms with Gasteiger partial charge in [-0.3, -0.25) is 0 Å². The molecule has 1 aromatic carbocycles. The molecule has 68 valence electrons. The molecule has 0 fully saturated rings. The number of methoxy groups -OCH3 is 1. The molecule has 0 spiro atoms. The van der Waals surface area contributed by atoms with Gasteiger partial charge in [-0.05, 0) is 29.8 Å². The van der Waals surface area contributed by atoms with E-state index in [1.54, 1.807) is 7.11 Å². The lowest BCUT2D eigenvalue weighted by Crippen LogP contribution is -2.13. The van der Waals surface area contributed by atoms with Crippen molar-refractivity contribution in [3.05, 3.63) is 36.0 Å². The Morgan fingerprint density at radius 3 is 2.54 bits per heavy atom. The van der Waals surface area contributed by atoms with Gasteiger partial charge in [0.2, 0.25) is 0 Å². The van der Waals surface area contributed by atoms with E-state index in [0.717, 1.165) is 18.1 Å². The Bertz CT molecular complexity index is 316. The summed E-state index contributed by atoms with van der Waals surface area (Å²) in [5.41, 5.74) is 2.30. The van der Waals surface area contributed by atoms with E-state index < -0.39 is 0 Å². The molecular weight excluding hydrogens is 164 g/mol. The molecule has 0 radical (unpaired) electrons. The molecule has 13 heavy (non-hydrogen) atoms. The highest BCUT2D eigenvalue weighted by Crippen LogP contribution is 2.17. The lowest BCUT2D eigenvalue weighted by Gasteiger charge is -2.04. The number of hydrogen-bond acceptors (Lipinski definition) is 3. The van der Waals surface area contributed by atoms with Crippen LogP contribution in [0.5, 0.6) is 5.75 Å². The summed E-state index contributed by atoms with van der Waals surface area (Å²) < 4.78 is 5.08. The summed E-state index contributed by atoms with van der Waals surface area (Å²) in [4.78, 5) is 0. The van der Waals surface area contributed by atoms with Crippen LogP contribution in [0.25, 0.3) is 5.70 Å². The van der Waals surface area contributed by atoms with Crippen LogP contribution in [0.15, 0.2) is 30.5 Å². The lowest BCUT2D eigenvalue weighted by atomic mass is 10.1. The largest absolute Gasteiger partial charge is 0.497 e. The molecule has 0 bridgehead atoms. The van der Waals surface area contributed by atoms with Gasteiger partial charge in [0, 0.05) is 6.20 Å². The first-order valence-corrected chi connectivity index (χ1v) is 4.22. The molecule has 3 heteroatoms. The first kappa shape index (κ1) is 7.98. The van der Waals surface area contributed by atoms with Crippen molar-refractivity contribution < 1.29 is 4.74 Å². The van der Waals surface area contributed by atoms with Crippen molar-refractivity contribution in [1.29, 1.82) is 0 Å². The quantitative estimate of drug-likeness (QED) is 0.709. The van der Waals surface area contributed by atoms with E-state index in [4.69, 9.17) is 4.74 Å². The molecule has 1 heterocycles. The highest BCUT2D eigenvalue weighted by molar-refractivity contribution is 5.65. The van der Waals surface area contributed by atoms with Gasteiger partial charge in [-0.15, -0.1) is 0 Å². The molecule has 0 amide bonds. The second-order valence-corrected chi connectivity index (χ2v) is 2.84. The number of hydrogen-bond donors (Lipinski definition) is 2. The summed E-state index contributed by atoms with van der Waals surface area (Å²) in [7, 11) is 1.67. The zero-order valence-corrected chi connectivity index (χ0v) is 7.50. The Balaban J connectivity index is 2.22. The molecule has 1 aliphatic rings. The smallest absolute Gasteiger partial charge is 0.118 e. The second kappa shape index (κ2) is 3.39. The Kier molecular flexibility index (Phi) is 2.08. The molecule has 1 aliphatic heterocycles. The van der Waals surface area contributed by atoms with Crippen molar-refractivity contribution >= 4 is 5.70 Å². The Morgan fingerprint density at radius 2 is 2.00 bits per heavy atom. The maximum atomic E-state index is 5.08. The van der Waals surface area contributed by atoms with Crippen molar-refractivity contribution in [1.82, 2.24) is 10.6 Å². The molecule has 0 aliphatic carbocycles. The van der Waals surface area contributed by atoms with Gasteiger partial charge in [-0.2, -0.15) is 0 Å². The predicted molar refractivity (Wildman–Crippen MR) is 52.1 cm³/mol. The molecule has 0 aromatic heterocycles. The van der Waals surface area contributed by atoms with Gasteiger partial charge < -0.3 is 15.4 Å². The third-order valence-electron chi connectivity index (χ3n) is 2.03. The van der Waals surface area contributed by atoms with Crippen molar-refractivity contribution in [3.63, 3.8) is 0 Å². The van der Waals surface area contributed by atoms with E-state index in [1.165, 1.54) is 5.56 Å². The standard InChI is InChI=1S/C10H12N2O/c1-13-9-4-2-8(3-5-9)10-6-11-7-12-10/h2-6,11-12H,7H2,1H3. The monoisotopic (exact) mass is 176 g/mol. The molecule has 0 saturated heterocycles. The van der Waals surface area contributed by atoms with Crippen molar-refractivity contribution in [2.45, 2.75) is 0 Å². The average Bonchev–Trinajstić information content (AvgIpc) is 2.71. The van der Waals surface area contributed by atoms with Crippen LogP contribution in [0.3, 0.4) is 0 Å². The second-order valence-electron chi connectivity index (χ2n) is 2.84. The summed E-state index contributed by atoms with van der Waals surface area (Å²) >= 11 is 0. The van der Waals surface area contributed by atoms with Crippen LogP contribution in [-0.4, -0.2) is 13.8 Å². The van der Waals surface area contributed by atoms with Gasteiger partial charge in [0.05, 0.1) is 19.5 Å². The van der Waals surface area contributed by atoms with Crippen LogP contribution < -0.4 is 15.4 Å². The van der Waals surface area contributed by atoms with Crippen LogP contribution in [0.1, 0.15) is 5.56 Å². The third-order valence-corrected chi connectivity index (χ3v) is 2.03. The van der Waals surface area contributed by atoms with E-state index in [-0.39, 0.29) is 0 Å². The minimum atomic E-state index is 0.807. The zero-order chi connectivity index (χ0) is 9.10. The van der Waals surface area contributed by atoms with Crippen LogP contribution in [0.2, 0.25) is 0 Å². The predicted octanol–water partition coefficient (Wildman–Crippen LogP) is 1.14. The first-order valence-electron chi connectivity index (χ1n) is 4.22. The van der Waals surface area contributed by atoms with Crippen molar-refractivity contribution in [2.75, 3.05) is 13.8 Å². The summed E-state index contributed by atoms with van der Waals surface area (Å²) in [5, 5.41) is 6.31. The number of ether oxygens (including phenoxy) is 1. The number of nitrogens with one attached hydrogen (secondary N) is 2. The molecule has 0 unspecified atom stereocenters. The normalized spacial score (nSPS) is 14.4. The van der Waals surface area contributed by atoms with Gasteiger partial charge in [0.25, 0.3) is 0 Å². The molecule has 0 atom stereocenters. The Hall–Kier alpha value is -1.64. The Labute approximate surface area is 77.4 Å². The fourth-order valence-electron chi connectivity index (χ4n) is 1.31. The Morgan fingerprint density at radius 1 is 1.23 bits per heavy atom. The van der Waals surface area contributed by atoms with Crippen LogP contribution in [-0.2, 0) is 0 Å². The zero-order valence-electron chi connectivity index (χ0n) is 7.50. The van der Waals surface area contributed by atoms with Gasteiger partial charge in [-0.25, -0.2) is 0 Å².